The lowest BCUT2D eigenvalue weighted by Crippen LogP contribution is -2.46. The predicted octanol–water partition coefficient (Wildman–Crippen LogP) is 3.12. The van der Waals surface area contributed by atoms with E-state index >= 15 is 0 Å². The number of nitro groups is 1. The molecule has 6 nitrogen and oxygen atoms in total. The molecular weight excluding hydrogens is 318 g/mol. The van der Waals surface area contributed by atoms with Gasteiger partial charge in [-0.3, -0.25) is 19.8 Å². The topological polar surface area (TPSA) is 66.7 Å². The molecule has 2 aromatic carbocycles. The first-order valence-electron chi connectivity index (χ1n) is 8.35. The van der Waals surface area contributed by atoms with E-state index in [4.69, 9.17) is 0 Å². The van der Waals surface area contributed by atoms with Crippen molar-refractivity contribution in [1.29, 1.82) is 0 Å². The van der Waals surface area contributed by atoms with Crippen molar-refractivity contribution in [3.05, 3.63) is 69.8 Å². The van der Waals surface area contributed by atoms with Gasteiger partial charge in [-0.25, -0.2) is 0 Å². The van der Waals surface area contributed by atoms with Crippen LogP contribution in [0.25, 0.3) is 0 Å². The Morgan fingerprint density at radius 3 is 2.36 bits per heavy atom. The molecule has 0 aromatic heterocycles. The largest absolute Gasteiger partial charge is 0.368 e. The van der Waals surface area contributed by atoms with Gasteiger partial charge in [0, 0.05) is 56.1 Å². The molecule has 1 heterocycles. The van der Waals surface area contributed by atoms with Crippen LogP contribution in [0.4, 0.5) is 11.4 Å². The molecule has 1 saturated heterocycles. The minimum absolute atomic E-state index is 0.0448. The molecule has 130 valence electrons. The second-order valence-electron chi connectivity index (χ2n) is 6.26. The van der Waals surface area contributed by atoms with Crippen molar-refractivity contribution in [3.63, 3.8) is 0 Å². The van der Waals surface area contributed by atoms with E-state index in [9.17, 15) is 14.9 Å². The summed E-state index contributed by atoms with van der Waals surface area (Å²) in [4.78, 5) is 26.9. The normalized spacial score (nSPS) is 15.2. The number of Topliss-reactive ketones (excluding diaryl/α,β-unsaturated/α-hetero) is 1. The van der Waals surface area contributed by atoms with Gasteiger partial charge in [0.2, 0.25) is 0 Å². The molecule has 2 aromatic rings. The molecule has 0 spiro atoms. The van der Waals surface area contributed by atoms with Gasteiger partial charge >= 0.3 is 0 Å². The Bertz CT molecular complexity index is 769. The zero-order chi connectivity index (χ0) is 17.8. The molecule has 0 saturated carbocycles. The summed E-state index contributed by atoms with van der Waals surface area (Å²) in [5, 5.41) is 11.0. The Labute approximate surface area is 146 Å². The molecule has 25 heavy (non-hydrogen) atoms. The first-order valence-corrected chi connectivity index (χ1v) is 8.35. The number of ketones is 1. The molecule has 0 N–H and O–H groups in total. The molecule has 0 unspecified atom stereocenters. The summed E-state index contributed by atoms with van der Waals surface area (Å²) in [5.41, 5.74) is 2.45. The number of hydrogen-bond acceptors (Lipinski definition) is 5. The summed E-state index contributed by atoms with van der Waals surface area (Å²) in [6.45, 7) is 5.74. The van der Waals surface area contributed by atoms with Crippen LogP contribution in [0, 0.1) is 10.1 Å². The molecule has 3 rings (SSSR count). The van der Waals surface area contributed by atoms with Crippen LogP contribution in [0.2, 0.25) is 0 Å². The molecule has 6 heteroatoms. The molecule has 0 atom stereocenters. The highest BCUT2D eigenvalue weighted by molar-refractivity contribution is 6.00. The highest BCUT2D eigenvalue weighted by Crippen LogP contribution is 2.27. The third kappa shape index (κ3) is 4.03. The maximum atomic E-state index is 11.9. The first kappa shape index (κ1) is 17.1. The first-order chi connectivity index (χ1) is 12.0. The maximum Gasteiger partial charge on any atom is 0.270 e. The average molecular weight is 339 g/mol. The molecule has 0 amide bonds. The van der Waals surface area contributed by atoms with E-state index < -0.39 is 4.92 Å². The fourth-order valence-electron chi connectivity index (χ4n) is 3.18. The maximum absolute atomic E-state index is 11.9. The second kappa shape index (κ2) is 7.44. The van der Waals surface area contributed by atoms with Gasteiger partial charge in [-0.1, -0.05) is 30.3 Å². The van der Waals surface area contributed by atoms with E-state index in [2.05, 4.69) is 21.9 Å². The number of carbonyl (C=O) groups excluding carboxylic acids is 1. The van der Waals surface area contributed by atoms with Crippen LogP contribution >= 0.6 is 0 Å². The summed E-state index contributed by atoms with van der Waals surface area (Å²) < 4.78 is 0. The van der Waals surface area contributed by atoms with Crippen LogP contribution < -0.4 is 4.90 Å². The Hall–Kier alpha value is -2.73. The van der Waals surface area contributed by atoms with Gasteiger partial charge in [-0.05, 0) is 18.6 Å². The third-order valence-electron chi connectivity index (χ3n) is 4.53. The SMILES string of the molecule is CC(=O)c1cc([N+](=O)[O-])ccc1N1CCN(Cc2ccccc2)CC1. The number of piperazine rings is 1. The number of non-ortho nitro benzene ring substituents is 1. The van der Waals surface area contributed by atoms with Crippen molar-refractivity contribution in [1.82, 2.24) is 4.90 Å². The Kier molecular flexibility index (Phi) is 5.09. The van der Waals surface area contributed by atoms with Crippen LogP contribution in [0.5, 0.6) is 0 Å². The standard InChI is InChI=1S/C19H21N3O3/c1-15(23)18-13-17(22(24)25)7-8-19(18)21-11-9-20(10-12-21)14-16-5-3-2-4-6-16/h2-8,13H,9-12,14H2,1H3. The molecule has 1 fully saturated rings. The van der Waals surface area contributed by atoms with E-state index in [0.717, 1.165) is 38.4 Å². The van der Waals surface area contributed by atoms with E-state index in [-0.39, 0.29) is 11.5 Å². The zero-order valence-electron chi connectivity index (χ0n) is 14.2. The predicted molar refractivity (Wildman–Crippen MR) is 97.0 cm³/mol. The smallest absolute Gasteiger partial charge is 0.270 e. The highest BCUT2D eigenvalue weighted by Gasteiger charge is 2.22. The van der Waals surface area contributed by atoms with Crippen molar-refractivity contribution in [2.24, 2.45) is 0 Å². The van der Waals surface area contributed by atoms with Crippen LogP contribution in [-0.4, -0.2) is 41.8 Å². The molecular formula is C19H21N3O3. The number of rotatable bonds is 5. The molecule has 0 bridgehead atoms. The van der Waals surface area contributed by atoms with Gasteiger partial charge in [0.1, 0.15) is 0 Å². The summed E-state index contributed by atoms with van der Waals surface area (Å²) >= 11 is 0. The molecule has 0 radical (unpaired) electrons. The zero-order valence-corrected chi connectivity index (χ0v) is 14.2. The number of nitro benzene ring substituents is 1. The summed E-state index contributed by atoms with van der Waals surface area (Å²) in [5.74, 6) is -0.148. The minimum Gasteiger partial charge on any atom is -0.368 e. The minimum atomic E-state index is -0.464. The van der Waals surface area contributed by atoms with Gasteiger partial charge in [0.05, 0.1) is 4.92 Å². The van der Waals surface area contributed by atoms with E-state index in [1.54, 1.807) is 6.07 Å². The lowest BCUT2D eigenvalue weighted by atomic mass is 10.1. The second-order valence-corrected chi connectivity index (χ2v) is 6.26. The van der Waals surface area contributed by atoms with Crippen molar-refractivity contribution in [2.75, 3.05) is 31.1 Å². The average Bonchev–Trinajstić information content (AvgIpc) is 2.62. The lowest BCUT2D eigenvalue weighted by Gasteiger charge is -2.36. The Morgan fingerprint density at radius 1 is 1.08 bits per heavy atom. The van der Waals surface area contributed by atoms with Crippen molar-refractivity contribution >= 4 is 17.2 Å². The number of anilines is 1. The van der Waals surface area contributed by atoms with E-state index in [1.165, 1.54) is 24.6 Å². The van der Waals surface area contributed by atoms with Crippen LogP contribution in [-0.2, 0) is 6.54 Å². The summed E-state index contributed by atoms with van der Waals surface area (Å²) in [7, 11) is 0. The van der Waals surface area contributed by atoms with Crippen molar-refractivity contribution in [3.8, 4) is 0 Å². The van der Waals surface area contributed by atoms with Crippen molar-refractivity contribution in [2.45, 2.75) is 13.5 Å². The fraction of sp³-hybridized carbons (Fsp3) is 0.316. The lowest BCUT2D eigenvalue weighted by molar-refractivity contribution is -0.384. The fourth-order valence-corrected chi connectivity index (χ4v) is 3.18. The Morgan fingerprint density at radius 2 is 1.76 bits per heavy atom. The van der Waals surface area contributed by atoms with E-state index in [0.29, 0.717) is 5.56 Å². The van der Waals surface area contributed by atoms with Gasteiger partial charge in [0.15, 0.2) is 5.78 Å². The number of carbonyl (C=O) groups is 1. The molecule has 1 aliphatic rings. The number of nitrogens with zero attached hydrogens (tertiary/aromatic N) is 3. The van der Waals surface area contributed by atoms with Gasteiger partial charge in [-0.2, -0.15) is 0 Å². The third-order valence-corrected chi connectivity index (χ3v) is 4.53. The summed E-state index contributed by atoms with van der Waals surface area (Å²) in [6, 6.07) is 14.9. The van der Waals surface area contributed by atoms with Crippen LogP contribution in [0.3, 0.4) is 0 Å². The monoisotopic (exact) mass is 339 g/mol. The molecule has 0 aliphatic carbocycles. The number of benzene rings is 2. The number of hydrogen-bond donors (Lipinski definition) is 0. The summed E-state index contributed by atoms with van der Waals surface area (Å²) in [6.07, 6.45) is 0. The Balaban J connectivity index is 1.70. The van der Waals surface area contributed by atoms with Gasteiger partial charge in [-0.15, -0.1) is 0 Å². The van der Waals surface area contributed by atoms with Crippen molar-refractivity contribution < 1.29 is 9.72 Å². The molecule has 1 aliphatic heterocycles. The quantitative estimate of drug-likeness (QED) is 0.476. The van der Waals surface area contributed by atoms with Crippen LogP contribution in [0.1, 0.15) is 22.8 Å². The van der Waals surface area contributed by atoms with Crippen LogP contribution in [0.15, 0.2) is 48.5 Å². The van der Waals surface area contributed by atoms with Gasteiger partial charge < -0.3 is 4.90 Å². The van der Waals surface area contributed by atoms with Gasteiger partial charge in [0.25, 0.3) is 5.69 Å². The van der Waals surface area contributed by atoms with E-state index in [1.807, 2.05) is 18.2 Å². The highest BCUT2D eigenvalue weighted by atomic mass is 16.6.